The Morgan fingerprint density at radius 1 is 0.980 bits per heavy atom. The second kappa shape index (κ2) is 13.9. The van der Waals surface area contributed by atoms with Gasteiger partial charge in [0, 0.05) is 26.2 Å². The third-order valence-electron chi connectivity index (χ3n) is 11.5. The molecule has 1 spiro atoms. The Bertz CT molecular complexity index is 1570. The van der Waals surface area contributed by atoms with Crippen LogP contribution in [0.15, 0.2) is 104 Å². The maximum absolute atomic E-state index is 15.1. The van der Waals surface area contributed by atoms with Crippen molar-refractivity contribution in [2.24, 2.45) is 17.3 Å². The summed E-state index contributed by atoms with van der Waals surface area (Å²) in [5.41, 5.74) is -1.30. The van der Waals surface area contributed by atoms with Gasteiger partial charge >= 0.3 is 6.09 Å². The summed E-state index contributed by atoms with van der Waals surface area (Å²) in [6.45, 7) is 14.7. The van der Waals surface area contributed by atoms with Crippen molar-refractivity contribution in [2.45, 2.75) is 76.6 Å². The summed E-state index contributed by atoms with van der Waals surface area (Å²) in [7, 11) is -2.90. The van der Waals surface area contributed by atoms with Gasteiger partial charge < -0.3 is 24.1 Å². The van der Waals surface area contributed by atoms with Gasteiger partial charge in [-0.05, 0) is 65.4 Å². The van der Waals surface area contributed by atoms with Crippen molar-refractivity contribution in [1.82, 2.24) is 9.80 Å². The molecule has 6 rings (SSSR count). The predicted octanol–water partition coefficient (Wildman–Crippen LogP) is 6.16. The van der Waals surface area contributed by atoms with Crippen LogP contribution in [-0.2, 0) is 20.5 Å². The molecular weight excluding hydrogens is 629 g/mol. The van der Waals surface area contributed by atoms with E-state index >= 15 is 4.79 Å². The standard InChI is InChI=1S/C41H52N2O5Si/c1-6-24-40(46)28-32(30-48-49(39(3,4)5,33-19-13-9-14-20-33)34-21-15-10-16-22-34)35-23-26-42(29-31-17-11-8-12-18-31)37(44)41(35)25-27-43(36(40)41)38(45)47-7-2/h6,8-22,32,35-36,46H,1,7,23-30H2,2-5H3/t32-,35-,36-,40-,41-/m0/s1. The Labute approximate surface area is 293 Å². The molecule has 0 unspecified atom stereocenters. The lowest BCUT2D eigenvalue weighted by molar-refractivity contribution is -0.189. The Kier molecular flexibility index (Phi) is 9.95. The average Bonchev–Trinajstić information content (AvgIpc) is 3.51. The van der Waals surface area contributed by atoms with Crippen molar-refractivity contribution < 1.29 is 23.9 Å². The predicted molar refractivity (Wildman–Crippen MR) is 196 cm³/mol. The molecule has 260 valence electrons. The third-order valence-corrected chi connectivity index (χ3v) is 16.5. The first-order chi connectivity index (χ1) is 23.5. The van der Waals surface area contributed by atoms with E-state index in [2.05, 4.69) is 75.9 Å². The molecule has 7 nitrogen and oxygen atoms in total. The monoisotopic (exact) mass is 680 g/mol. The molecule has 3 aromatic carbocycles. The molecule has 2 heterocycles. The quantitative estimate of drug-likeness (QED) is 0.205. The topological polar surface area (TPSA) is 79.3 Å². The number of benzene rings is 3. The first-order valence-electron chi connectivity index (χ1n) is 17.9. The van der Waals surface area contributed by atoms with Crippen molar-refractivity contribution in [1.29, 1.82) is 0 Å². The summed E-state index contributed by atoms with van der Waals surface area (Å²) < 4.78 is 13.1. The van der Waals surface area contributed by atoms with Crippen molar-refractivity contribution in [2.75, 3.05) is 26.3 Å². The number of carbonyl (C=O) groups is 2. The van der Waals surface area contributed by atoms with Crippen LogP contribution in [0, 0.1) is 17.3 Å². The van der Waals surface area contributed by atoms with Crippen molar-refractivity contribution in [3.63, 3.8) is 0 Å². The second-order valence-electron chi connectivity index (χ2n) is 15.2. The molecule has 8 heteroatoms. The van der Waals surface area contributed by atoms with Gasteiger partial charge in [0.15, 0.2) is 0 Å². The van der Waals surface area contributed by atoms with Gasteiger partial charge in [-0.1, -0.05) is 118 Å². The summed E-state index contributed by atoms with van der Waals surface area (Å²) in [6, 6.07) is 30.5. The van der Waals surface area contributed by atoms with E-state index in [4.69, 9.17) is 9.16 Å². The molecule has 1 N–H and O–H groups in total. The van der Waals surface area contributed by atoms with Gasteiger partial charge in [-0.2, -0.15) is 0 Å². The number of amides is 2. The summed E-state index contributed by atoms with van der Waals surface area (Å²) in [5, 5.41) is 15.0. The van der Waals surface area contributed by atoms with E-state index in [1.807, 2.05) is 47.4 Å². The number of carbonyl (C=O) groups excluding carboxylic acids is 2. The van der Waals surface area contributed by atoms with E-state index in [1.165, 1.54) is 10.4 Å². The highest BCUT2D eigenvalue weighted by Crippen LogP contribution is 2.61. The molecule has 2 saturated heterocycles. The fourth-order valence-corrected chi connectivity index (χ4v) is 14.3. The van der Waals surface area contributed by atoms with Crippen LogP contribution < -0.4 is 10.4 Å². The highest BCUT2D eigenvalue weighted by Gasteiger charge is 2.71. The van der Waals surface area contributed by atoms with Crippen LogP contribution in [0.1, 0.15) is 58.9 Å². The zero-order chi connectivity index (χ0) is 34.9. The van der Waals surface area contributed by atoms with E-state index < -0.39 is 31.5 Å². The number of hydrogen-bond acceptors (Lipinski definition) is 5. The van der Waals surface area contributed by atoms with Crippen LogP contribution in [0.25, 0.3) is 0 Å². The molecule has 0 radical (unpaired) electrons. The number of nitrogens with zero attached hydrogens (tertiary/aromatic N) is 2. The molecule has 0 bridgehead atoms. The number of hydrogen-bond donors (Lipinski definition) is 1. The average molecular weight is 681 g/mol. The maximum atomic E-state index is 15.1. The third kappa shape index (κ3) is 6.06. The first kappa shape index (κ1) is 35.1. The summed E-state index contributed by atoms with van der Waals surface area (Å²) >= 11 is 0. The van der Waals surface area contributed by atoms with E-state index in [0.717, 1.165) is 12.0 Å². The van der Waals surface area contributed by atoms with Crippen LogP contribution in [0.4, 0.5) is 4.79 Å². The zero-order valence-electron chi connectivity index (χ0n) is 29.5. The number of ether oxygens (including phenoxy) is 1. The van der Waals surface area contributed by atoms with Crippen LogP contribution in [0.3, 0.4) is 0 Å². The minimum absolute atomic E-state index is 0.0158. The van der Waals surface area contributed by atoms with E-state index in [1.54, 1.807) is 17.9 Å². The van der Waals surface area contributed by atoms with Crippen LogP contribution in [0.2, 0.25) is 5.04 Å². The van der Waals surface area contributed by atoms with E-state index in [-0.39, 0.29) is 35.8 Å². The Balaban J connectivity index is 1.44. The van der Waals surface area contributed by atoms with Crippen LogP contribution >= 0.6 is 0 Å². The molecule has 3 aromatic rings. The fourth-order valence-electron chi connectivity index (χ4n) is 9.67. The molecule has 2 amide bonds. The van der Waals surface area contributed by atoms with Crippen LogP contribution in [-0.4, -0.2) is 73.2 Å². The summed E-state index contributed by atoms with van der Waals surface area (Å²) in [5.74, 6) is -0.186. The van der Waals surface area contributed by atoms with E-state index in [9.17, 15) is 9.90 Å². The Morgan fingerprint density at radius 2 is 1.57 bits per heavy atom. The van der Waals surface area contributed by atoms with Crippen molar-refractivity contribution in [3.8, 4) is 0 Å². The number of likely N-dealkylation sites (tertiary alicyclic amines) is 2. The molecular formula is C41H52N2O5Si. The highest BCUT2D eigenvalue weighted by molar-refractivity contribution is 6.99. The minimum atomic E-state index is -2.90. The van der Waals surface area contributed by atoms with Gasteiger partial charge in [0.05, 0.1) is 23.7 Å². The first-order valence-corrected chi connectivity index (χ1v) is 19.8. The molecule has 1 aliphatic carbocycles. The van der Waals surface area contributed by atoms with Crippen molar-refractivity contribution >= 4 is 30.7 Å². The maximum Gasteiger partial charge on any atom is 0.410 e. The molecule has 3 aliphatic rings. The smallest absolute Gasteiger partial charge is 0.410 e. The van der Waals surface area contributed by atoms with E-state index in [0.29, 0.717) is 39.1 Å². The largest absolute Gasteiger partial charge is 0.450 e. The SMILES string of the molecule is C=CC[C@]1(O)C[C@@H](CO[Si](c2ccccc2)(c2ccccc2)C(C)(C)C)[C@@H]2CCN(Cc3ccccc3)C(=O)[C@@]23CCN(C(=O)OCC)[C@@H]13. The second-order valence-corrected chi connectivity index (χ2v) is 19.5. The van der Waals surface area contributed by atoms with Gasteiger partial charge in [-0.3, -0.25) is 4.79 Å². The van der Waals surface area contributed by atoms with Gasteiger partial charge in [0.1, 0.15) is 0 Å². The van der Waals surface area contributed by atoms with Gasteiger partial charge in [-0.15, -0.1) is 6.58 Å². The number of rotatable bonds is 10. The van der Waals surface area contributed by atoms with Crippen molar-refractivity contribution in [3.05, 3.63) is 109 Å². The van der Waals surface area contributed by atoms with Gasteiger partial charge in [0.2, 0.25) is 5.91 Å². The molecule has 2 aliphatic heterocycles. The molecule has 1 saturated carbocycles. The number of piperidine rings is 1. The van der Waals surface area contributed by atoms with Gasteiger partial charge in [-0.25, -0.2) is 4.79 Å². The fraction of sp³-hybridized carbons (Fsp3) is 0.463. The highest BCUT2D eigenvalue weighted by atomic mass is 28.4. The van der Waals surface area contributed by atoms with Gasteiger partial charge in [0.25, 0.3) is 8.32 Å². The number of aliphatic hydroxyl groups is 1. The molecule has 5 atom stereocenters. The normalized spacial score (nSPS) is 27.0. The van der Waals surface area contributed by atoms with Crippen LogP contribution in [0.5, 0.6) is 0 Å². The zero-order valence-corrected chi connectivity index (χ0v) is 30.5. The summed E-state index contributed by atoms with van der Waals surface area (Å²) in [6.07, 6.45) is 3.15. The molecule has 0 aromatic heterocycles. The lowest BCUT2D eigenvalue weighted by Crippen LogP contribution is -2.72. The minimum Gasteiger partial charge on any atom is -0.450 e. The lowest BCUT2D eigenvalue weighted by Gasteiger charge is -2.60. The Morgan fingerprint density at radius 3 is 2.12 bits per heavy atom. The molecule has 3 fully saturated rings. The summed E-state index contributed by atoms with van der Waals surface area (Å²) in [4.78, 5) is 32.2. The molecule has 49 heavy (non-hydrogen) atoms. The Hall–Kier alpha value is -3.72. The lowest BCUT2D eigenvalue weighted by atomic mass is 9.51.